The van der Waals surface area contributed by atoms with Gasteiger partial charge in [0.25, 0.3) is 0 Å². The van der Waals surface area contributed by atoms with Gasteiger partial charge in [-0.15, -0.1) is 11.3 Å². The van der Waals surface area contributed by atoms with Crippen LogP contribution in [-0.4, -0.2) is 29.7 Å². The van der Waals surface area contributed by atoms with Crippen molar-refractivity contribution in [3.63, 3.8) is 0 Å². The number of rotatable bonds is 4. The Morgan fingerprint density at radius 3 is 2.62 bits per heavy atom. The van der Waals surface area contributed by atoms with Gasteiger partial charge in [-0.1, -0.05) is 6.92 Å². The zero-order chi connectivity index (χ0) is 11.5. The average molecular weight is 239 g/mol. The predicted molar refractivity (Wildman–Crippen MR) is 68.9 cm³/mol. The highest BCUT2D eigenvalue weighted by Gasteiger charge is 2.29. The molecule has 1 aromatic heterocycles. The molecule has 0 spiro atoms. The maximum absolute atomic E-state index is 9.43. The predicted octanol–water partition coefficient (Wildman–Crippen LogP) is 2.82. The van der Waals surface area contributed by atoms with E-state index in [2.05, 4.69) is 30.2 Å². The van der Waals surface area contributed by atoms with Crippen molar-refractivity contribution in [2.75, 3.05) is 19.7 Å². The Hall–Kier alpha value is -0.380. The highest BCUT2D eigenvalue weighted by molar-refractivity contribution is 7.10. The third-order valence-corrected chi connectivity index (χ3v) is 4.62. The molecule has 2 heterocycles. The van der Waals surface area contributed by atoms with Crippen LogP contribution in [0.5, 0.6) is 0 Å². The number of nitrogens with zero attached hydrogens (tertiary/aromatic N) is 1. The summed E-state index contributed by atoms with van der Waals surface area (Å²) in [5, 5.41) is 11.6. The van der Waals surface area contributed by atoms with Gasteiger partial charge in [-0.2, -0.15) is 0 Å². The van der Waals surface area contributed by atoms with Gasteiger partial charge in [0.15, 0.2) is 0 Å². The third-order valence-electron chi connectivity index (χ3n) is 3.53. The SMILES string of the molecule is Cc1ccsc1C(C(C)CO)N1CCCC1. The van der Waals surface area contributed by atoms with Crippen LogP contribution in [0.4, 0.5) is 0 Å². The molecule has 1 aliphatic heterocycles. The molecule has 2 atom stereocenters. The Kier molecular flexibility index (Phi) is 4.00. The zero-order valence-electron chi connectivity index (χ0n) is 10.1. The Labute approximate surface area is 102 Å². The second kappa shape index (κ2) is 5.30. The maximum atomic E-state index is 9.43. The number of aryl methyl sites for hydroxylation is 1. The van der Waals surface area contributed by atoms with Crippen LogP contribution in [0.15, 0.2) is 11.4 Å². The largest absolute Gasteiger partial charge is 0.396 e. The van der Waals surface area contributed by atoms with E-state index in [4.69, 9.17) is 0 Å². The maximum Gasteiger partial charge on any atom is 0.0491 e. The van der Waals surface area contributed by atoms with E-state index in [0.717, 1.165) is 0 Å². The average Bonchev–Trinajstić information content (AvgIpc) is 2.92. The van der Waals surface area contributed by atoms with Crippen LogP contribution in [0, 0.1) is 12.8 Å². The summed E-state index contributed by atoms with van der Waals surface area (Å²) in [5.74, 6) is 0.329. The minimum atomic E-state index is 0.276. The van der Waals surface area contributed by atoms with Crippen molar-refractivity contribution < 1.29 is 5.11 Å². The molecule has 2 nitrogen and oxygen atoms in total. The molecule has 3 heteroatoms. The Morgan fingerprint density at radius 2 is 2.12 bits per heavy atom. The lowest BCUT2D eigenvalue weighted by atomic mass is 9.98. The van der Waals surface area contributed by atoms with Gasteiger partial charge >= 0.3 is 0 Å². The fourth-order valence-corrected chi connectivity index (χ4v) is 3.78. The summed E-state index contributed by atoms with van der Waals surface area (Å²) in [6, 6.07) is 2.61. The zero-order valence-corrected chi connectivity index (χ0v) is 11.0. The molecule has 1 aliphatic rings. The highest BCUT2D eigenvalue weighted by atomic mass is 32.1. The summed E-state index contributed by atoms with van der Waals surface area (Å²) in [6.07, 6.45) is 2.61. The monoisotopic (exact) mass is 239 g/mol. The van der Waals surface area contributed by atoms with Crippen LogP contribution in [0.1, 0.15) is 36.2 Å². The van der Waals surface area contributed by atoms with E-state index in [0.29, 0.717) is 12.0 Å². The summed E-state index contributed by atoms with van der Waals surface area (Å²) in [4.78, 5) is 3.99. The fraction of sp³-hybridized carbons (Fsp3) is 0.692. The van der Waals surface area contributed by atoms with Gasteiger partial charge in [-0.05, 0) is 55.8 Å². The Bertz CT molecular complexity index is 330. The molecule has 1 N–H and O–H groups in total. The van der Waals surface area contributed by atoms with Gasteiger partial charge in [0, 0.05) is 17.5 Å². The van der Waals surface area contributed by atoms with Gasteiger partial charge in [0.1, 0.15) is 0 Å². The van der Waals surface area contributed by atoms with Gasteiger partial charge in [0.2, 0.25) is 0 Å². The summed E-state index contributed by atoms with van der Waals surface area (Å²) in [6.45, 7) is 6.98. The van der Waals surface area contributed by atoms with Gasteiger partial charge < -0.3 is 5.11 Å². The van der Waals surface area contributed by atoms with Crippen molar-refractivity contribution in [1.29, 1.82) is 0 Å². The normalized spacial score (nSPS) is 21.2. The first kappa shape index (κ1) is 12.1. The molecule has 1 aromatic rings. The molecular formula is C13H21NOS. The van der Waals surface area contributed by atoms with Crippen LogP contribution in [0.3, 0.4) is 0 Å². The molecule has 0 saturated carbocycles. The first-order valence-electron chi connectivity index (χ1n) is 6.13. The number of hydrogen-bond donors (Lipinski definition) is 1. The molecule has 90 valence electrons. The van der Waals surface area contributed by atoms with Crippen molar-refractivity contribution >= 4 is 11.3 Å². The Morgan fingerprint density at radius 1 is 1.44 bits per heavy atom. The van der Waals surface area contributed by atoms with Crippen LogP contribution < -0.4 is 0 Å². The minimum absolute atomic E-state index is 0.276. The molecule has 0 aromatic carbocycles. The first-order valence-corrected chi connectivity index (χ1v) is 7.01. The van der Waals surface area contributed by atoms with Gasteiger partial charge in [-0.25, -0.2) is 0 Å². The third kappa shape index (κ3) is 2.31. The topological polar surface area (TPSA) is 23.5 Å². The van der Waals surface area contributed by atoms with E-state index in [1.807, 2.05) is 11.3 Å². The number of thiophene rings is 1. The fourth-order valence-electron chi connectivity index (χ4n) is 2.59. The van der Waals surface area contributed by atoms with Crippen molar-refractivity contribution in [3.8, 4) is 0 Å². The van der Waals surface area contributed by atoms with Crippen molar-refractivity contribution in [2.45, 2.75) is 32.7 Å². The molecule has 0 radical (unpaired) electrons. The summed E-state index contributed by atoms with van der Waals surface area (Å²) < 4.78 is 0. The summed E-state index contributed by atoms with van der Waals surface area (Å²) >= 11 is 1.84. The lowest BCUT2D eigenvalue weighted by molar-refractivity contribution is 0.128. The second-order valence-corrected chi connectivity index (χ2v) is 5.76. The van der Waals surface area contributed by atoms with Crippen LogP contribution in [0.2, 0.25) is 0 Å². The number of aliphatic hydroxyl groups is 1. The standard InChI is InChI=1S/C13H21NOS/c1-10-5-8-16-13(10)12(11(2)9-15)14-6-3-4-7-14/h5,8,11-12,15H,3-4,6-7,9H2,1-2H3. The lowest BCUT2D eigenvalue weighted by Gasteiger charge is -2.31. The van der Waals surface area contributed by atoms with E-state index in [1.165, 1.54) is 36.4 Å². The van der Waals surface area contributed by atoms with Crippen molar-refractivity contribution in [2.24, 2.45) is 5.92 Å². The van der Waals surface area contributed by atoms with E-state index in [9.17, 15) is 5.11 Å². The smallest absolute Gasteiger partial charge is 0.0491 e. The molecule has 1 saturated heterocycles. The van der Waals surface area contributed by atoms with Crippen molar-refractivity contribution in [3.05, 3.63) is 21.9 Å². The van der Waals surface area contributed by atoms with E-state index >= 15 is 0 Å². The van der Waals surface area contributed by atoms with Crippen LogP contribution >= 0.6 is 11.3 Å². The summed E-state index contributed by atoms with van der Waals surface area (Å²) in [5.41, 5.74) is 1.38. The van der Waals surface area contributed by atoms with Crippen LogP contribution in [0.25, 0.3) is 0 Å². The quantitative estimate of drug-likeness (QED) is 0.873. The minimum Gasteiger partial charge on any atom is -0.396 e. The highest BCUT2D eigenvalue weighted by Crippen LogP contribution is 2.36. The molecule has 0 bridgehead atoms. The number of aliphatic hydroxyl groups excluding tert-OH is 1. The molecule has 2 rings (SSSR count). The number of hydrogen-bond acceptors (Lipinski definition) is 3. The lowest BCUT2D eigenvalue weighted by Crippen LogP contribution is -2.31. The van der Waals surface area contributed by atoms with Crippen LogP contribution in [-0.2, 0) is 0 Å². The molecular weight excluding hydrogens is 218 g/mol. The first-order chi connectivity index (χ1) is 7.74. The number of likely N-dealkylation sites (tertiary alicyclic amines) is 1. The molecule has 0 amide bonds. The second-order valence-electron chi connectivity index (χ2n) is 4.82. The van der Waals surface area contributed by atoms with Gasteiger partial charge in [-0.3, -0.25) is 4.90 Å². The molecule has 1 fully saturated rings. The van der Waals surface area contributed by atoms with E-state index in [1.54, 1.807) is 0 Å². The Balaban J connectivity index is 2.23. The molecule has 16 heavy (non-hydrogen) atoms. The van der Waals surface area contributed by atoms with E-state index < -0.39 is 0 Å². The molecule has 2 unspecified atom stereocenters. The summed E-state index contributed by atoms with van der Waals surface area (Å²) in [7, 11) is 0. The van der Waals surface area contributed by atoms with Crippen molar-refractivity contribution in [1.82, 2.24) is 4.90 Å². The molecule has 0 aliphatic carbocycles. The van der Waals surface area contributed by atoms with E-state index in [-0.39, 0.29) is 6.61 Å². The van der Waals surface area contributed by atoms with Gasteiger partial charge in [0.05, 0.1) is 0 Å².